The van der Waals surface area contributed by atoms with E-state index in [9.17, 15) is 5.11 Å². The van der Waals surface area contributed by atoms with Crippen molar-refractivity contribution in [3.8, 4) is 0 Å². The van der Waals surface area contributed by atoms with Gasteiger partial charge in [0.05, 0.1) is 12.2 Å². The maximum atomic E-state index is 10.4. The molecule has 7 unspecified atom stereocenters. The Kier molecular flexibility index (Phi) is 8.66. The third-order valence-electron chi connectivity index (χ3n) is 9.09. The van der Waals surface area contributed by atoms with E-state index in [0.29, 0.717) is 42.1 Å². The van der Waals surface area contributed by atoms with Crippen LogP contribution in [0.1, 0.15) is 86.5 Å². The summed E-state index contributed by atoms with van der Waals surface area (Å²) in [5.41, 5.74) is 4.10. The van der Waals surface area contributed by atoms with Crippen LogP contribution in [0.25, 0.3) is 0 Å². The van der Waals surface area contributed by atoms with E-state index in [2.05, 4.69) is 65.5 Å². The van der Waals surface area contributed by atoms with Gasteiger partial charge in [0.25, 0.3) is 0 Å². The number of rotatable bonds is 7. The lowest BCUT2D eigenvalue weighted by Crippen LogP contribution is -2.35. The van der Waals surface area contributed by atoms with Crippen molar-refractivity contribution < 1.29 is 9.84 Å². The molecule has 0 radical (unpaired) electrons. The quantitative estimate of drug-likeness (QED) is 0.412. The molecule has 2 nitrogen and oxygen atoms in total. The first-order chi connectivity index (χ1) is 15.2. The van der Waals surface area contributed by atoms with Crippen LogP contribution in [0.3, 0.4) is 0 Å². The smallest absolute Gasteiger partial charge is 0.0811 e. The van der Waals surface area contributed by atoms with Gasteiger partial charge in [-0.3, -0.25) is 0 Å². The van der Waals surface area contributed by atoms with Gasteiger partial charge < -0.3 is 9.84 Å². The van der Waals surface area contributed by atoms with Crippen molar-refractivity contribution in [3.63, 3.8) is 0 Å². The van der Waals surface area contributed by atoms with Gasteiger partial charge in [0.15, 0.2) is 0 Å². The van der Waals surface area contributed by atoms with Gasteiger partial charge >= 0.3 is 0 Å². The summed E-state index contributed by atoms with van der Waals surface area (Å²) in [5, 5.41) is 10.4. The highest BCUT2D eigenvalue weighted by Crippen LogP contribution is 2.59. The van der Waals surface area contributed by atoms with E-state index in [1.54, 1.807) is 5.57 Å². The molecular weight excluding hydrogens is 392 g/mol. The number of fused-ring (bicyclic) bond motifs is 1. The van der Waals surface area contributed by atoms with Crippen molar-refractivity contribution >= 4 is 0 Å². The number of aliphatic hydroxyl groups is 1. The summed E-state index contributed by atoms with van der Waals surface area (Å²) in [6, 6.07) is 0. The minimum absolute atomic E-state index is 0.110. The Morgan fingerprint density at radius 3 is 2.59 bits per heavy atom. The van der Waals surface area contributed by atoms with Crippen LogP contribution in [0.15, 0.2) is 47.6 Å². The Labute approximate surface area is 197 Å². The molecule has 1 N–H and O–H groups in total. The normalized spacial score (nSPS) is 38.1. The lowest BCUT2D eigenvalue weighted by molar-refractivity contribution is 0.0206. The maximum Gasteiger partial charge on any atom is 0.0811 e. The van der Waals surface area contributed by atoms with Crippen molar-refractivity contribution in [3.05, 3.63) is 47.6 Å². The van der Waals surface area contributed by atoms with Gasteiger partial charge in [0.2, 0.25) is 0 Å². The molecule has 0 amide bonds. The fourth-order valence-corrected chi connectivity index (χ4v) is 6.66. The number of aliphatic hydroxyl groups excluding tert-OH is 1. The van der Waals surface area contributed by atoms with Crippen LogP contribution in [-0.2, 0) is 4.74 Å². The van der Waals surface area contributed by atoms with E-state index < -0.39 is 6.10 Å². The maximum absolute atomic E-state index is 10.4. The summed E-state index contributed by atoms with van der Waals surface area (Å²) in [7, 11) is 0. The molecule has 7 atom stereocenters. The molecule has 0 aromatic rings. The van der Waals surface area contributed by atoms with Crippen molar-refractivity contribution in [1.82, 2.24) is 0 Å². The molecule has 32 heavy (non-hydrogen) atoms. The van der Waals surface area contributed by atoms with E-state index >= 15 is 0 Å². The fourth-order valence-electron chi connectivity index (χ4n) is 6.66. The van der Waals surface area contributed by atoms with Crippen molar-refractivity contribution in [2.75, 3.05) is 6.61 Å². The molecule has 0 bridgehead atoms. The molecule has 3 aliphatic rings. The molecule has 180 valence electrons. The lowest BCUT2D eigenvalue weighted by Gasteiger charge is -2.44. The topological polar surface area (TPSA) is 29.5 Å². The monoisotopic (exact) mass is 440 g/mol. The van der Waals surface area contributed by atoms with Crippen molar-refractivity contribution in [2.24, 2.45) is 35.0 Å². The highest BCUT2D eigenvalue weighted by atomic mass is 16.5. The van der Waals surface area contributed by atoms with Gasteiger partial charge in [0, 0.05) is 13.0 Å². The summed E-state index contributed by atoms with van der Waals surface area (Å²) >= 11 is 0. The third-order valence-corrected chi connectivity index (χ3v) is 9.09. The standard InChI is InChI=1S/C30H48O2/c1-8-32-26-18-25(23(6)29(31)19-26)14-13-24-10-9-17-30(7)27(15-16-28(24)30)22(5)12-11-21(4)20(2)3/h11-14,20-22,26-29,31H,6,8-10,15-19H2,1-5,7H3. The van der Waals surface area contributed by atoms with Gasteiger partial charge in [-0.05, 0) is 91.6 Å². The molecule has 0 spiro atoms. The Balaban J connectivity index is 1.76. The second-order valence-corrected chi connectivity index (χ2v) is 11.4. The van der Waals surface area contributed by atoms with Crippen LogP contribution < -0.4 is 0 Å². The lowest BCUT2D eigenvalue weighted by atomic mass is 9.61. The number of allylic oxidation sites excluding steroid dienone is 5. The van der Waals surface area contributed by atoms with E-state index in [-0.39, 0.29) is 6.10 Å². The largest absolute Gasteiger partial charge is 0.388 e. The third kappa shape index (κ3) is 5.50. The Bertz CT molecular complexity index is 742. The van der Waals surface area contributed by atoms with E-state index in [1.807, 2.05) is 6.92 Å². The van der Waals surface area contributed by atoms with Crippen molar-refractivity contribution in [2.45, 2.75) is 98.7 Å². The molecule has 2 heteroatoms. The van der Waals surface area contributed by atoms with Gasteiger partial charge in [-0.2, -0.15) is 0 Å². The molecule has 0 saturated heterocycles. The zero-order chi connectivity index (χ0) is 23.5. The van der Waals surface area contributed by atoms with Gasteiger partial charge in [0.1, 0.15) is 0 Å². The average molecular weight is 441 g/mol. The molecule has 3 rings (SSSR count). The Morgan fingerprint density at radius 1 is 1.16 bits per heavy atom. The van der Waals surface area contributed by atoms with Gasteiger partial charge in [-0.15, -0.1) is 0 Å². The summed E-state index contributed by atoms with van der Waals surface area (Å²) < 4.78 is 5.83. The molecule has 0 heterocycles. The number of ether oxygens (including phenoxy) is 1. The van der Waals surface area contributed by atoms with Crippen LogP contribution in [-0.4, -0.2) is 23.9 Å². The zero-order valence-electron chi connectivity index (χ0n) is 21.6. The minimum atomic E-state index is -0.474. The molecule has 0 aromatic heterocycles. The average Bonchev–Trinajstić information content (AvgIpc) is 3.10. The highest BCUT2D eigenvalue weighted by molar-refractivity contribution is 5.38. The summed E-state index contributed by atoms with van der Waals surface area (Å²) in [6.07, 6.45) is 17.3. The van der Waals surface area contributed by atoms with Crippen LogP contribution in [0, 0.1) is 35.0 Å². The predicted octanol–water partition coefficient (Wildman–Crippen LogP) is 7.66. The number of hydrogen-bond acceptors (Lipinski definition) is 2. The minimum Gasteiger partial charge on any atom is -0.388 e. The summed E-state index contributed by atoms with van der Waals surface area (Å²) in [6.45, 7) is 18.9. The van der Waals surface area contributed by atoms with E-state index in [4.69, 9.17) is 4.74 Å². The first-order valence-electron chi connectivity index (χ1n) is 13.2. The van der Waals surface area contributed by atoms with Crippen LogP contribution in [0.4, 0.5) is 0 Å². The van der Waals surface area contributed by atoms with Crippen LogP contribution >= 0.6 is 0 Å². The Hall–Kier alpha value is -1.12. The first kappa shape index (κ1) is 25.5. The van der Waals surface area contributed by atoms with Gasteiger partial charge in [-0.25, -0.2) is 0 Å². The molecular formula is C30H48O2. The zero-order valence-corrected chi connectivity index (χ0v) is 21.6. The molecule has 3 saturated carbocycles. The SMILES string of the molecule is C=C1C(=CC=C2CCCC3(C)C2CCC3C(C)C=CC(C)C(C)C)CC(OCC)CC1O. The summed E-state index contributed by atoms with van der Waals surface area (Å²) in [5.74, 6) is 3.46. The predicted molar refractivity (Wildman–Crippen MR) is 136 cm³/mol. The van der Waals surface area contributed by atoms with E-state index in [0.717, 1.165) is 17.9 Å². The Morgan fingerprint density at radius 2 is 1.91 bits per heavy atom. The second kappa shape index (κ2) is 10.9. The first-order valence-corrected chi connectivity index (χ1v) is 13.2. The second-order valence-electron chi connectivity index (χ2n) is 11.4. The molecule has 0 aliphatic heterocycles. The van der Waals surface area contributed by atoms with Crippen molar-refractivity contribution in [1.29, 1.82) is 0 Å². The molecule has 3 fully saturated rings. The van der Waals surface area contributed by atoms with Gasteiger partial charge in [-0.1, -0.05) is 71.1 Å². The fraction of sp³-hybridized carbons (Fsp3) is 0.733. The molecule has 3 aliphatic carbocycles. The number of hydrogen-bond donors (Lipinski definition) is 1. The van der Waals surface area contributed by atoms with Crippen LogP contribution in [0.5, 0.6) is 0 Å². The highest BCUT2D eigenvalue weighted by Gasteiger charge is 2.50. The summed E-state index contributed by atoms with van der Waals surface area (Å²) in [4.78, 5) is 0. The molecule has 0 aromatic carbocycles. The van der Waals surface area contributed by atoms with Crippen LogP contribution in [0.2, 0.25) is 0 Å². The van der Waals surface area contributed by atoms with E-state index in [1.165, 1.54) is 37.7 Å².